The van der Waals surface area contributed by atoms with Crippen LogP contribution in [0.1, 0.15) is 12.5 Å². The molecule has 4 rings (SSSR count). The zero-order chi connectivity index (χ0) is 20.9. The summed E-state index contributed by atoms with van der Waals surface area (Å²) < 4.78 is 1.60. The van der Waals surface area contributed by atoms with Gasteiger partial charge in [0.15, 0.2) is 5.16 Å². The highest BCUT2D eigenvalue weighted by atomic mass is 32.2. The molecular weight excluding hydrogens is 396 g/mol. The summed E-state index contributed by atoms with van der Waals surface area (Å²) >= 11 is 1.28. The van der Waals surface area contributed by atoms with Crippen LogP contribution < -0.4 is 10.9 Å². The van der Waals surface area contributed by atoms with E-state index in [-0.39, 0.29) is 17.2 Å². The Morgan fingerprint density at radius 2 is 1.80 bits per heavy atom. The second-order valence-electron chi connectivity index (χ2n) is 6.79. The standard InChI is InChI=1S/C23H22N4O2S/c1-2-27-22(29)21-20(18(14-25-21)17-11-7-4-8-12-17)26-23(27)30-15-19(28)24-13-16-9-5-3-6-10-16/h3-12,14,25H,2,13,15H2,1H3,(H,24,28). The number of amides is 1. The highest BCUT2D eigenvalue weighted by molar-refractivity contribution is 7.99. The number of nitrogens with zero attached hydrogens (tertiary/aromatic N) is 2. The summed E-state index contributed by atoms with van der Waals surface area (Å²) in [6.07, 6.45) is 1.81. The van der Waals surface area contributed by atoms with E-state index in [4.69, 9.17) is 4.98 Å². The lowest BCUT2D eigenvalue weighted by molar-refractivity contribution is -0.118. The number of aromatic nitrogens is 3. The molecule has 6 nitrogen and oxygen atoms in total. The molecule has 2 N–H and O–H groups in total. The van der Waals surface area contributed by atoms with Crippen LogP contribution in [0.2, 0.25) is 0 Å². The van der Waals surface area contributed by atoms with Crippen molar-refractivity contribution < 1.29 is 4.79 Å². The van der Waals surface area contributed by atoms with Crippen LogP contribution in [0.4, 0.5) is 0 Å². The highest BCUT2D eigenvalue weighted by Gasteiger charge is 2.16. The van der Waals surface area contributed by atoms with E-state index in [2.05, 4.69) is 10.3 Å². The van der Waals surface area contributed by atoms with Gasteiger partial charge >= 0.3 is 0 Å². The summed E-state index contributed by atoms with van der Waals surface area (Å²) in [4.78, 5) is 33.1. The number of hydrogen-bond donors (Lipinski definition) is 2. The molecule has 4 aromatic rings. The molecule has 152 valence electrons. The second-order valence-corrected chi connectivity index (χ2v) is 7.73. The minimum absolute atomic E-state index is 0.0989. The summed E-state index contributed by atoms with van der Waals surface area (Å²) in [6, 6.07) is 19.6. The Kier molecular flexibility index (Phi) is 5.99. The fourth-order valence-electron chi connectivity index (χ4n) is 3.28. The molecule has 0 saturated heterocycles. The number of aromatic amines is 1. The summed E-state index contributed by atoms with van der Waals surface area (Å²) in [5.74, 6) is 0.0915. The Morgan fingerprint density at radius 1 is 1.10 bits per heavy atom. The minimum atomic E-state index is -0.128. The van der Waals surface area contributed by atoms with E-state index < -0.39 is 0 Å². The molecular formula is C23H22N4O2S. The van der Waals surface area contributed by atoms with Crippen molar-refractivity contribution >= 4 is 28.7 Å². The summed E-state index contributed by atoms with van der Waals surface area (Å²) in [5.41, 5.74) is 3.89. The van der Waals surface area contributed by atoms with E-state index in [1.807, 2.05) is 73.8 Å². The van der Waals surface area contributed by atoms with Gasteiger partial charge in [-0.25, -0.2) is 4.98 Å². The van der Waals surface area contributed by atoms with Gasteiger partial charge in [0.2, 0.25) is 5.91 Å². The molecule has 0 bridgehead atoms. The van der Waals surface area contributed by atoms with Crippen molar-refractivity contribution in [2.24, 2.45) is 0 Å². The van der Waals surface area contributed by atoms with Gasteiger partial charge in [0.1, 0.15) is 11.0 Å². The molecule has 2 heterocycles. The van der Waals surface area contributed by atoms with Crippen LogP contribution >= 0.6 is 11.8 Å². The molecule has 0 radical (unpaired) electrons. The van der Waals surface area contributed by atoms with Crippen LogP contribution in [0.25, 0.3) is 22.2 Å². The Balaban J connectivity index is 1.57. The number of hydrogen-bond acceptors (Lipinski definition) is 4. The van der Waals surface area contributed by atoms with Crippen LogP contribution in [0.15, 0.2) is 76.8 Å². The quantitative estimate of drug-likeness (QED) is 0.353. The number of rotatable bonds is 7. The van der Waals surface area contributed by atoms with Gasteiger partial charge in [0.25, 0.3) is 5.56 Å². The lowest BCUT2D eigenvalue weighted by Crippen LogP contribution is -2.26. The first-order chi connectivity index (χ1) is 14.7. The first-order valence-corrected chi connectivity index (χ1v) is 10.8. The lowest BCUT2D eigenvalue weighted by Gasteiger charge is -2.10. The zero-order valence-electron chi connectivity index (χ0n) is 16.6. The summed E-state index contributed by atoms with van der Waals surface area (Å²) in [6.45, 7) is 2.86. The summed E-state index contributed by atoms with van der Waals surface area (Å²) in [7, 11) is 0. The van der Waals surface area contributed by atoms with Crippen LogP contribution in [0.3, 0.4) is 0 Å². The van der Waals surface area contributed by atoms with Crippen molar-refractivity contribution in [1.82, 2.24) is 19.9 Å². The topological polar surface area (TPSA) is 79.8 Å². The number of carbonyl (C=O) groups is 1. The summed E-state index contributed by atoms with van der Waals surface area (Å²) in [5, 5.41) is 3.45. The van der Waals surface area contributed by atoms with Crippen molar-refractivity contribution in [2.75, 3.05) is 5.75 Å². The number of fused-ring (bicyclic) bond motifs is 1. The number of nitrogens with one attached hydrogen (secondary N) is 2. The van der Waals surface area contributed by atoms with Gasteiger partial charge in [-0.05, 0) is 18.1 Å². The molecule has 30 heavy (non-hydrogen) atoms. The van der Waals surface area contributed by atoms with E-state index in [0.717, 1.165) is 16.7 Å². The molecule has 0 aliphatic carbocycles. The maximum atomic E-state index is 13.0. The lowest BCUT2D eigenvalue weighted by atomic mass is 10.1. The van der Waals surface area contributed by atoms with Crippen molar-refractivity contribution in [3.05, 3.63) is 82.8 Å². The van der Waals surface area contributed by atoms with E-state index in [9.17, 15) is 9.59 Å². The molecule has 0 aliphatic rings. The highest BCUT2D eigenvalue weighted by Crippen LogP contribution is 2.27. The van der Waals surface area contributed by atoms with Crippen LogP contribution in [0.5, 0.6) is 0 Å². The number of thioether (sulfide) groups is 1. The smallest absolute Gasteiger partial charge is 0.278 e. The van der Waals surface area contributed by atoms with Gasteiger partial charge < -0.3 is 10.3 Å². The SMILES string of the molecule is CCn1c(SCC(=O)NCc2ccccc2)nc2c(-c3ccccc3)c[nH]c2c1=O. The predicted molar refractivity (Wildman–Crippen MR) is 120 cm³/mol. The third-order valence-electron chi connectivity index (χ3n) is 4.82. The van der Waals surface area contributed by atoms with E-state index in [1.54, 1.807) is 4.57 Å². The number of H-pyrrole nitrogens is 1. The third kappa shape index (κ3) is 4.16. The Bertz CT molecular complexity index is 1220. The Labute approximate surface area is 178 Å². The maximum absolute atomic E-state index is 13.0. The molecule has 0 saturated carbocycles. The van der Waals surface area contributed by atoms with Crippen LogP contribution in [-0.2, 0) is 17.9 Å². The normalized spacial score (nSPS) is 11.0. The van der Waals surface area contributed by atoms with Gasteiger partial charge in [-0.2, -0.15) is 0 Å². The Morgan fingerprint density at radius 3 is 2.50 bits per heavy atom. The average Bonchev–Trinajstić information content (AvgIpc) is 3.22. The van der Waals surface area contributed by atoms with Crippen molar-refractivity contribution in [2.45, 2.75) is 25.2 Å². The monoisotopic (exact) mass is 418 g/mol. The van der Waals surface area contributed by atoms with E-state index in [1.165, 1.54) is 11.8 Å². The van der Waals surface area contributed by atoms with Gasteiger partial charge in [0, 0.05) is 24.8 Å². The van der Waals surface area contributed by atoms with Crippen molar-refractivity contribution in [1.29, 1.82) is 0 Å². The predicted octanol–water partition coefficient (Wildman–Crippen LogP) is 3.82. The first-order valence-electron chi connectivity index (χ1n) is 9.78. The zero-order valence-corrected chi connectivity index (χ0v) is 17.4. The van der Waals surface area contributed by atoms with Gasteiger partial charge in [-0.3, -0.25) is 14.2 Å². The molecule has 1 amide bonds. The number of carbonyl (C=O) groups excluding carboxylic acids is 1. The maximum Gasteiger partial charge on any atom is 0.278 e. The van der Waals surface area contributed by atoms with E-state index in [0.29, 0.717) is 29.3 Å². The molecule has 2 aromatic heterocycles. The van der Waals surface area contributed by atoms with Crippen molar-refractivity contribution in [3.63, 3.8) is 0 Å². The molecule has 0 unspecified atom stereocenters. The Hall–Kier alpha value is -3.32. The fraction of sp³-hybridized carbons (Fsp3) is 0.174. The minimum Gasteiger partial charge on any atom is -0.355 e. The van der Waals surface area contributed by atoms with E-state index >= 15 is 0 Å². The van der Waals surface area contributed by atoms with Crippen LogP contribution in [0, 0.1) is 0 Å². The second kappa shape index (κ2) is 9.00. The van der Waals surface area contributed by atoms with Gasteiger partial charge in [-0.15, -0.1) is 0 Å². The third-order valence-corrected chi connectivity index (χ3v) is 5.79. The molecule has 0 aliphatic heterocycles. The molecule has 0 atom stereocenters. The molecule has 0 fully saturated rings. The fourth-order valence-corrected chi connectivity index (χ4v) is 4.16. The largest absolute Gasteiger partial charge is 0.355 e. The van der Waals surface area contributed by atoms with Crippen molar-refractivity contribution in [3.8, 4) is 11.1 Å². The number of benzene rings is 2. The van der Waals surface area contributed by atoms with Crippen LogP contribution in [-0.4, -0.2) is 26.2 Å². The molecule has 7 heteroatoms. The van der Waals surface area contributed by atoms with Gasteiger partial charge in [-0.1, -0.05) is 72.4 Å². The molecule has 0 spiro atoms. The van der Waals surface area contributed by atoms with Gasteiger partial charge in [0.05, 0.1) is 5.75 Å². The molecule has 2 aromatic carbocycles. The first kappa shape index (κ1) is 20.0. The average molecular weight is 419 g/mol.